The summed E-state index contributed by atoms with van der Waals surface area (Å²) < 4.78 is 0. The number of nitrogens with one attached hydrogen (secondary N) is 1. The van der Waals surface area contributed by atoms with Crippen LogP contribution < -0.4 is 5.32 Å². The molecule has 0 aromatic heterocycles. The molecule has 0 saturated heterocycles. The Labute approximate surface area is 89.1 Å². The Morgan fingerprint density at radius 1 is 1.14 bits per heavy atom. The van der Waals surface area contributed by atoms with Crippen molar-refractivity contribution in [3.63, 3.8) is 0 Å². The van der Waals surface area contributed by atoms with Gasteiger partial charge >= 0.3 is 0 Å². The molecule has 2 heteroatoms. The molecule has 0 aromatic rings. The Kier molecular flexibility index (Phi) is 5.68. The number of aliphatic hydroxyl groups excluding tert-OH is 1. The van der Waals surface area contributed by atoms with E-state index in [0.717, 1.165) is 13.0 Å². The first kappa shape index (κ1) is 13.9. The number of aliphatic hydroxyl groups is 1. The fourth-order valence-corrected chi connectivity index (χ4v) is 1.46. The number of hydrogen-bond acceptors (Lipinski definition) is 2. The van der Waals surface area contributed by atoms with Crippen molar-refractivity contribution in [3.8, 4) is 0 Å². The van der Waals surface area contributed by atoms with Gasteiger partial charge in [-0.15, -0.1) is 0 Å². The number of rotatable bonds is 7. The topological polar surface area (TPSA) is 32.3 Å². The molecule has 86 valence electrons. The van der Waals surface area contributed by atoms with Gasteiger partial charge in [0.25, 0.3) is 0 Å². The van der Waals surface area contributed by atoms with Crippen LogP contribution in [0.3, 0.4) is 0 Å². The summed E-state index contributed by atoms with van der Waals surface area (Å²) in [6.07, 6.45) is 3.39. The molecule has 0 heterocycles. The molecule has 0 aliphatic carbocycles. The van der Waals surface area contributed by atoms with Crippen molar-refractivity contribution < 1.29 is 5.11 Å². The van der Waals surface area contributed by atoms with Crippen LogP contribution in [0.25, 0.3) is 0 Å². The van der Waals surface area contributed by atoms with Gasteiger partial charge in [0.2, 0.25) is 0 Å². The van der Waals surface area contributed by atoms with Crippen LogP contribution in [0.1, 0.15) is 53.9 Å². The molecule has 0 aliphatic heterocycles. The highest BCUT2D eigenvalue weighted by Gasteiger charge is 2.24. The zero-order valence-electron chi connectivity index (χ0n) is 10.5. The van der Waals surface area contributed by atoms with Gasteiger partial charge in [0, 0.05) is 24.1 Å². The third-order valence-corrected chi connectivity index (χ3v) is 3.10. The largest absolute Gasteiger partial charge is 0.396 e. The van der Waals surface area contributed by atoms with E-state index in [1.165, 1.54) is 12.8 Å². The zero-order valence-corrected chi connectivity index (χ0v) is 10.5. The summed E-state index contributed by atoms with van der Waals surface area (Å²) >= 11 is 0. The Morgan fingerprint density at radius 2 is 1.71 bits per heavy atom. The Morgan fingerprint density at radius 3 is 2.07 bits per heavy atom. The number of hydrogen-bond donors (Lipinski definition) is 2. The fraction of sp³-hybridized carbons (Fsp3) is 1.00. The van der Waals surface area contributed by atoms with Gasteiger partial charge in [-0.2, -0.15) is 0 Å². The molecule has 0 bridgehead atoms. The second-order valence-electron chi connectivity index (χ2n) is 5.31. The van der Waals surface area contributed by atoms with Gasteiger partial charge in [-0.3, -0.25) is 0 Å². The maximum absolute atomic E-state index is 9.27. The predicted octanol–water partition coefficient (Wildman–Crippen LogP) is 2.56. The first-order valence-electron chi connectivity index (χ1n) is 5.75. The lowest BCUT2D eigenvalue weighted by molar-refractivity contribution is 0.124. The SMILES string of the molecule is CCCC(C)(C)NCC(C)(CC)CO. The first-order valence-corrected chi connectivity index (χ1v) is 5.75. The Hall–Kier alpha value is -0.0800. The molecule has 0 amide bonds. The summed E-state index contributed by atoms with van der Waals surface area (Å²) in [6, 6.07) is 0. The summed E-state index contributed by atoms with van der Waals surface area (Å²) in [5, 5.41) is 12.8. The van der Waals surface area contributed by atoms with Gasteiger partial charge in [0.05, 0.1) is 0 Å². The van der Waals surface area contributed by atoms with Crippen LogP contribution in [0, 0.1) is 5.41 Å². The highest BCUT2D eigenvalue weighted by atomic mass is 16.3. The monoisotopic (exact) mass is 201 g/mol. The van der Waals surface area contributed by atoms with Crippen LogP contribution >= 0.6 is 0 Å². The van der Waals surface area contributed by atoms with Crippen molar-refractivity contribution in [1.82, 2.24) is 5.32 Å². The summed E-state index contributed by atoms with van der Waals surface area (Å²) in [5.41, 5.74) is 0.228. The van der Waals surface area contributed by atoms with Crippen molar-refractivity contribution in [2.24, 2.45) is 5.41 Å². The van der Waals surface area contributed by atoms with E-state index in [1.807, 2.05) is 0 Å². The lowest BCUT2D eigenvalue weighted by Crippen LogP contribution is -2.45. The van der Waals surface area contributed by atoms with Crippen LogP contribution in [-0.4, -0.2) is 23.8 Å². The molecule has 0 fully saturated rings. The molecular weight excluding hydrogens is 174 g/mol. The maximum Gasteiger partial charge on any atom is 0.0496 e. The minimum Gasteiger partial charge on any atom is -0.396 e. The lowest BCUT2D eigenvalue weighted by Gasteiger charge is -2.33. The zero-order chi connectivity index (χ0) is 11.2. The minimum absolute atomic E-state index is 0.0327. The second kappa shape index (κ2) is 5.72. The van der Waals surface area contributed by atoms with E-state index in [0.29, 0.717) is 0 Å². The summed E-state index contributed by atoms with van der Waals surface area (Å²) in [5.74, 6) is 0. The van der Waals surface area contributed by atoms with Crippen LogP contribution in [0.4, 0.5) is 0 Å². The van der Waals surface area contributed by atoms with E-state index < -0.39 is 0 Å². The van der Waals surface area contributed by atoms with Gasteiger partial charge in [-0.25, -0.2) is 0 Å². The van der Waals surface area contributed by atoms with Gasteiger partial charge < -0.3 is 10.4 Å². The average molecular weight is 201 g/mol. The predicted molar refractivity (Wildman–Crippen MR) is 62.5 cm³/mol. The van der Waals surface area contributed by atoms with Gasteiger partial charge in [0.1, 0.15) is 0 Å². The molecular formula is C12H27NO. The molecule has 1 unspecified atom stereocenters. The van der Waals surface area contributed by atoms with Crippen molar-refractivity contribution in [2.45, 2.75) is 59.4 Å². The van der Waals surface area contributed by atoms with Crippen molar-refractivity contribution in [3.05, 3.63) is 0 Å². The molecule has 0 aliphatic rings. The lowest BCUT2D eigenvalue weighted by atomic mass is 9.87. The fourth-order valence-electron chi connectivity index (χ4n) is 1.46. The summed E-state index contributed by atoms with van der Waals surface area (Å²) in [4.78, 5) is 0. The van der Waals surface area contributed by atoms with E-state index in [-0.39, 0.29) is 17.6 Å². The van der Waals surface area contributed by atoms with Gasteiger partial charge in [-0.05, 0) is 26.7 Å². The quantitative estimate of drug-likeness (QED) is 0.663. The third-order valence-electron chi connectivity index (χ3n) is 3.10. The summed E-state index contributed by atoms with van der Waals surface area (Å²) in [6.45, 7) is 12.1. The second-order valence-corrected chi connectivity index (χ2v) is 5.31. The normalized spacial score (nSPS) is 16.7. The van der Waals surface area contributed by atoms with Gasteiger partial charge in [-0.1, -0.05) is 27.2 Å². The molecule has 0 rings (SSSR count). The molecule has 0 saturated carbocycles. The van der Waals surface area contributed by atoms with Crippen LogP contribution in [-0.2, 0) is 0 Å². The van der Waals surface area contributed by atoms with Crippen molar-refractivity contribution >= 4 is 0 Å². The molecule has 0 aromatic carbocycles. The summed E-state index contributed by atoms with van der Waals surface area (Å²) in [7, 11) is 0. The standard InChI is InChI=1S/C12H27NO/c1-6-8-11(3,4)13-9-12(5,7-2)10-14/h13-14H,6-10H2,1-5H3. The third kappa shape index (κ3) is 4.97. The van der Waals surface area contributed by atoms with E-state index in [2.05, 4.69) is 39.9 Å². The molecule has 2 nitrogen and oxygen atoms in total. The van der Waals surface area contributed by atoms with Crippen LogP contribution in [0.2, 0.25) is 0 Å². The molecule has 0 spiro atoms. The Balaban J connectivity index is 4.02. The Bertz CT molecular complexity index is 150. The average Bonchev–Trinajstić information content (AvgIpc) is 2.14. The smallest absolute Gasteiger partial charge is 0.0496 e. The van der Waals surface area contributed by atoms with E-state index in [9.17, 15) is 5.11 Å². The molecule has 0 radical (unpaired) electrons. The minimum atomic E-state index is 0.0327. The highest BCUT2D eigenvalue weighted by Crippen LogP contribution is 2.21. The highest BCUT2D eigenvalue weighted by molar-refractivity contribution is 4.82. The van der Waals surface area contributed by atoms with E-state index in [1.54, 1.807) is 0 Å². The van der Waals surface area contributed by atoms with Crippen LogP contribution in [0.5, 0.6) is 0 Å². The molecule has 1 atom stereocenters. The first-order chi connectivity index (χ1) is 6.39. The van der Waals surface area contributed by atoms with E-state index in [4.69, 9.17) is 0 Å². The van der Waals surface area contributed by atoms with E-state index >= 15 is 0 Å². The van der Waals surface area contributed by atoms with Crippen LogP contribution in [0.15, 0.2) is 0 Å². The molecule has 2 N–H and O–H groups in total. The maximum atomic E-state index is 9.27. The van der Waals surface area contributed by atoms with Gasteiger partial charge in [0.15, 0.2) is 0 Å². The van der Waals surface area contributed by atoms with Crippen molar-refractivity contribution in [1.29, 1.82) is 0 Å². The van der Waals surface area contributed by atoms with Crippen molar-refractivity contribution in [2.75, 3.05) is 13.2 Å². The molecule has 14 heavy (non-hydrogen) atoms.